The average molecular weight is 895 g/mol. The highest BCUT2D eigenvalue weighted by Gasteiger charge is 2.41. The van der Waals surface area contributed by atoms with E-state index in [1.807, 2.05) is 45.1 Å². The Kier molecular flexibility index (Phi) is 21.6. The van der Waals surface area contributed by atoms with E-state index in [0.29, 0.717) is 69.5 Å². The minimum absolute atomic E-state index is 0.0258. The molecule has 0 spiro atoms. The summed E-state index contributed by atoms with van der Waals surface area (Å²) >= 11 is 0. The predicted molar refractivity (Wildman–Crippen MR) is 239 cm³/mol. The van der Waals surface area contributed by atoms with Crippen molar-refractivity contribution in [1.82, 2.24) is 9.88 Å². The van der Waals surface area contributed by atoms with Crippen LogP contribution in [-0.4, -0.2) is 125 Å². The molecule has 13 atom stereocenters. The number of aromatic nitrogens is 1. The van der Waals surface area contributed by atoms with Crippen molar-refractivity contribution in [1.29, 1.82) is 0 Å². The Balaban J connectivity index is 1.75. The van der Waals surface area contributed by atoms with E-state index in [1.165, 1.54) is 4.90 Å². The second-order valence-electron chi connectivity index (χ2n) is 19.0. The normalized spacial score (nSPS) is 33.1. The van der Waals surface area contributed by atoms with Gasteiger partial charge in [-0.15, -0.1) is 0 Å². The van der Waals surface area contributed by atoms with Gasteiger partial charge in [-0.1, -0.05) is 38.5 Å². The first-order valence-electron chi connectivity index (χ1n) is 23.4. The Labute approximate surface area is 379 Å². The molecule has 1 aromatic rings. The minimum atomic E-state index is -1.22. The van der Waals surface area contributed by atoms with Gasteiger partial charge < -0.3 is 44.0 Å². The fourth-order valence-corrected chi connectivity index (χ4v) is 9.95. The van der Waals surface area contributed by atoms with E-state index in [2.05, 4.69) is 4.98 Å². The van der Waals surface area contributed by atoms with E-state index < -0.39 is 78.4 Å². The van der Waals surface area contributed by atoms with Crippen molar-refractivity contribution in [3.05, 3.63) is 53.4 Å². The van der Waals surface area contributed by atoms with Crippen LogP contribution in [0.15, 0.2) is 47.8 Å². The standard InChI is InChI=1S/C50H74N2O12/c1-31-20-32(2)22-39(28-54)48(40(29-55)23-33(3)27-53)63-30-45(59)49(60)52-19-8-7-12-41(52)50(61)64-47(34(4)24-37-13-14-42(56)46(25-37)62-6)35(5)43(57)26-44(58)38(21-31)11-9-10-36-15-17-51-18-16-36/h15-18,21,24,28-29,32-33,35,37-43,46-48,53,56-57H,7-14,19-20,22-23,25-27,30H2,1-6H3/b31-21+,34-24+/t32-,33+,35+,37-,38+,39+,40+,41-,42+,43-,46+,47+,48+/m0/s1. The van der Waals surface area contributed by atoms with E-state index in [-0.39, 0.29) is 68.5 Å². The highest BCUT2D eigenvalue weighted by atomic mass is 16.5. The Bertz CT molecular complexity index is 1750. The highest BCUT2D eigenvalue weighted by molar-refractivity contribution is 6.37. The lowest BCUT2D eigenvalue weighted by Crippen LogP contribution is -2.53. The number of Topliss-reactive ketones (excluding diaryl/α,β-unsaturated/α-hetero) is 2. The molecule has 356 valence electrons. The smallest absolute Gasteiger partial charge is 0.329 e. The predicted octanol–water partition coefficient (Wildman–Crippen LogP) is 5.37. The van der Waals surface area contributed by atoms with E-state index >= 15 is 0 Å². The van der Waals surface area contributed by atoms with Gasteiger partial charge in [0, 0.05) is 62.7 Å². The van der Waals surface area contributed by atoms with Crippen LogP contribution in [0.1, 0.15) is 117 Å². The van der Waals surface area contributed by atoms with E-state index in [9.17, 15) is 44.1 Å². The molecule has 64 heavy (non-hydrogen) atoms. The van der Waals surface area contributed by atoms with Crippen molar-refractivity contribution < 1.29 is 58.3 Å². The van der Waals surface area contributed by atoms with Gasteiger partial charge in [0.15, 0.2) is 0 Å². The summed E-state index contributed by atoms with van der Waals surface area (Å²) in [5.74, 6) is -6.30. The van der Waals surface area contributed by atoms with Crippen molar-refractivity contribution in [2.24, 2.45) is 41.4 Å². The van der Waals surface area contributed by atoms with Crippen molar-refractivity contribution >= 4 is 36.0 Å². The van der Waals surface area contributed by atoms with Crippen LogP contribution in [0.25, 0.3) is 0 Å². The van der Waals surface area contributed by atoms with Gasteiger partial charge in [0.05, 0.1) is 24.4 Å². The fourth-order valence-electron chi connectivity index (χ4n) is 9.95. The number of nitrogens with zero attached hydrogens (tertiary/aromatic N) is 2. The van der Waals surface area contributed by atoms with Crippen LogP contribution >= 0.6 is 0 Å². The van der Waals surface area contributed by atoms with Crippen molar-refractivity contribution in [3.63, 3.8) is 0 Å². The number of aryl methyl sites for hydroxylation is 1. The summed E-state index contributed by atoms with van der Waals surface area (Å²) < 4.78 is 17.9. The molecule has 0 unspecified atom stereocenters. The molecule has 1 aromatic heterocycles. The van der Waals surface area contributed by atoms with Crippen molar-refractivity contribution in [3.8, 4) is 0 Å². The third-order valence-corrected chi connectivity index (χ3v) is 13.6. The molecule has 0 bridgehead atoms. The van der Waals surface area contributed by atoms with Gasteiger partial charge >= 0.3 is 5.97 Å². The second kappa shape index (κ2) is 26.3. The maximum Gasteiger partial charge on any atom is 0.329 e. The summed E-state index contributed by atoms with van der Waals surface area (Å²) in [5, 5.41) is 32.2. The second-order valence-corrected chi connectivity index (χ2v) is 19.0. The number of aldehydes is 2. The largest absolute Gasteiger partial charge is 0.456 e. The van der Waals surface area contributed by atoms with Gasteiger partial charge in [-0.2, -0.15) is 0 Å². The monoisotopic (exact) mass is 895 g/mol. The topological polar surface area (TPSA) is 207 Å². The molecule has 4 rings (SSSR count). The number of aliphatic hydroxyl groups is 3. The molecule has 14 nitrogen and oxygen atoms in total. The maximum absolute atomic E-state index is 14.4. The molecule has 3 aliphatic rings. The first-order chi connectivity index (χ1) is 30.6. The van der Waals surface area contributed by atoms with Crippen LogP contribution < -0.4 is 0 Å². The molecule has 0 radical (unpaired) electrons. The molecule has 3 N–H and O–H groups in total. The number of esters is 1. The zero-order valence-electron chi connectivity index (χ0n) is 38.8. The lowest BCUT2D eigenvalue weighted by Gasteiger charge is -2.37. The molecule has 0 aromatic carbocycles. The summed E-state index contributed by atoms with van der Waals surface area (Å²) in [6.07, 6.45) is 10.2. The lowest BCUT2D eigenvalue weighted by molar-refractivity contribution is -0.165. The number of amides is 1. The Morgan fingerprint density at radius 1 is 1.02 bits per heavy atom. The number of ketones is 2. The molecular weight excluding hydrogens is 821 g/mol. The highest BCUT2D eigenvalue weighted by Crippen LogP contribution is 2.34. The van der Waals surface area contributed by atoms with Crippen molar-refractivity contribution in [2.45, 2.75) is 155 Å². The van der Waals surface area contributed by atoms with Crippen molar-refractivity contribution in [2.75, 3.05) is 26.9 Å². The van der Waals surface area contributed by atoms with Gasteiger partial charge in [-0.3, -0.25) is 19.4 Å². The number of rotatable bonds is 13. The van der Waals surface area contributed by atoms with Gasteiger partial charge in [0.2, 0.25) is 5.78 Å². The van der Waals surface area contributed by atoms with Crippen LogP contribution in [0.3, 0.4) is 0 Å². The van der Waals surface area contributed by atoms with Gasteiger partial charge in [0.25, 0.3) is 5.91 Å². The number of aliphatic hydroxyl groups excluding tert-OH is 3. The maximum atomic E-state index is 14.4. The SMILES string of the molecule is CO[C@@H]1C[C@H](/C=C(\C)[C@H]2OC(=O)[C@@H]3CCCCN3C(=O)C(=O)CO[C@@H]([C@@H](C=O)C[C@@H](C)CO)[C@@H](C=O)C[C@@H](C)C/C(C)=C/[C@@H](CCCc3ccncc3)C(=O)C[C@H](O)[C@H]2C)CC[C@H]1O. The summed E-state index contributed by atoms with van der Waals surface area (Å²) in [6, 6.07) is 2.76. The number of hydrogen-bond donors (Lipinski definition) is 3. The summed E-state index contributed by atoms with van der Waals surface area (Å²) in [6.45, 7) is 8.37. The number of pyridine rings is 1. The molecule has 1 saturated carbocycles. The number of cyclic esters (lactones) is 1. The summed E-state index contributed by atoms with van der Waals surface area (Å²) in [5.41, 5.74) is 2.64. The van der Waals surface area contributed by atoms with Gasteiger partial charge in [0.1, 0.15) is 37.1 Å². The van der Waals surface area contributed by atoms with Gasteiger partial charge in [-0.05, 0) is 132 Å². The number of allylic oxidation sites excluding steroid dienone is 3. The number of ether oxygens (including phenoxy) is 3. The van der Waals surface area contributed by atoms with Crippen LogP contribution in [0.5, 0.6) is 0 Å². The molecule has 1 aliphatic carbocycles. The van der Waals surface area contributed by atoms with Crippen LogP contribution in [0, 0.1) is 41.4 Å². The van der Waals surface area contributed by atoms with Crippen LogP contribution in [0.4, 0.5) is 0 Å². The van der Waals surface area contributed by atoms with Crippen LogP contribution in [-0.2, 0) is 49.4 Å². The molecule has 14 heteroatoms. The average Bonchev–Trinajstić information content (AvgIpc) is 3.29. The molecule has 1 amide bonds. The van der Waals surface area contributed by atoms with E-state index in [0.717, 1.165) is 17.6 Å². The Hall–Kier alpha value is -3.95. The molecular formula is C50H74N2O12. The number of fused-ring (bicyclic) bond motifs is 1. The molecule has 1 saturated heterocycles. The molecule has 3 heterocycles. The number of methoxy groups -OCH3 is 1. The number of piperidine rings is 1. The van der Waals surface area contributed by atoms with Gasteiger partial charge in [-0.25, -0.2) is 4.79 Å². The number of carbonyl (C=O) groups excluding carboxylic acids is 6. The zero-order chi connectivity index (χ0) is 46.9. The summed E-state index contributed by atoms with van der Waals surface area (Å²) in [7, 11) is 1.56. The zero-order valence-corrected chi connectivity index (χ0v) is 38.8. The van der Waals surface area contributed by atoms with Crippen LogP contribution in [0.2, 0.25) is 0 Å². The number of carbonyl (C=O) groups is 6. The lowest BCUT2D eigenvalue weighted by atomic mass is 9.80. The van der Waals surface area contributed by atoms with E-state index in [4.69, 9.17) is 14.2 Å². The third-order valence-electron chi connectivity index (χ3n) is 13.6. The first-order valence-corrected chi connectivity index (χ1v) is 23.4. The molecule has 2 fully saturated rings. The fraction of sp³-hybridized carbons (Fsp3) is 0.700. The Morgan fingerprint density at radius 3 is 2.42 bits per heavy atom. The minimum Gasteiger partial charge on any atom is -0.456 e. The quantitative estimate of drug-likeness (QED) is 0.0987. The van der Waals surface area contributed by atoms with E-state index in [1.54, 1.807) is 33.4 Å². The number of hydrogen-bond acceptors (Lipinski definition) is 13. The third kappa shape index (κ3) is 15.3. The summed E-state index contributed by atoms with van der Waals surface area (Å²) in [4.78, 5) is 87.1. The first kappa shape index (κ1) is 52.7. The Morgan fingerprint density at radius 2 is 1.75 bits per heavy atom. The molecule has 2 aliphatic heterocycles.